The van der Waals surface area contributed by atoms with Crippen molar-refractivity contribution in [2.45, 2.75) is 26.3 Å². The summed E-state index contributed by atoms with van der Waals surface area (Å²) < 4.78 is 0. The monoisotopic (exact) mass is 346 g/mol. The van der Waals surface area contributed by atoms with E-state index in [-0.39, 0.29) is 17.9 Å². The van der Waals surface area contributed by atoms with Gasteiger partial charge in [0.1, 0.15) is 0 Å². The zero-order chi connectivity index (χ0) is 18.5. The van der Waals surface area contributed by atoms with E-state index in [1.807, 2.05) is 25.1 Å². The molecule has 26 heavy (non-hydrogen) atoms. The van der Waals surface area contributed by atoms with Crippen LogP contribution in [0.5, 0.6) is 0 Å². The summed E-state index contributed by atoms with van der Waals surface area (Å²) >= 11 is 0. The van der Waals surface area contributed by atoms with E-state index in [1.165, 1.54) is 5.39 Å². The summed E-state index contributed by atoms with van der Waals surface area (Å²) in [6.45, 7) is 3.75. The van der Waals surface area contributed by atoms with Crippen LogP contribution >= 0.6 is 0 Å². The van der Waals surface area contributed by atoms with E-state index in [0.29, 0.717) is 17.7 Å². The Morgan fingerprint density at radius 2 is 1.69 bits per heavy atom. The van der Waals surface area contributed by atoms with Crippen LogP contribution in [-0.2, 0) is 4.79 Å². The molecule has 3 aromatic carbocycles. The van der Waals surface area contributed by atoms with Crippen molar-refractivity contribution in [2.24, 2.45) is 0 Å². The number of amides is 2. The number of carbonyl (C=O) groups excluding carboxylic acids is 2. The quantitative estimate of drug-likeness (QED) is 0.705. The normalized spacial score (nSPS) is 11.8. The van der Waals surface area contributed by atoms with Gasteiger partial charge in [-0.15, -0.1) is 0 Å². The van der Waals surface area contributed by atoms with Gasteiger partial charge < -0.3 is 10.6 Å². The van der Waals surface area contributed by atoms with Crippen molar-refractivity contribution in [2.75, 3.05) is 5.32 Å². The number of hydrogen-bond donors (Lipinski definition) is 2. The van der Waals surface area contributed by atoms with E-state index in [2.05, 4.69) is 34.9 Å². The Kier molecular flexibility index (Phi) is 5.32. The smallest absolute Gasteiger partial charge is 0.251 e. The van der Waals surface area contributed by atoms with Gasteiger partial charge in [0.15, 0.2) is 0 Å². The van der Waals surface area contributed by atoms with Crippen molar-refractivity contribution >= 4 is 28.3 Å². The first-order chi connectivity index (χ1) is 12.6. The van der Waals surface area contributed by atoms with Crippen molar-refractivity contribution in [3.63, 3.8) is 0 Å². The molecule has 132 valence electrons. The summed E-state index contributed by atoms with van der Waals surface area (Å²) in [5.74, 6) is -0.245. The number of rotatable bonds is 5. The minimum Gasteiger partial charge on any atom is -0.346 e. The van der Waals surface area contributed by atoms with Gasteiger partial charge in [-0.1, -0.05) is 49.4 Å². The molecule has 2 N–H and O–H groups in total. The lowest BCUT2D eigenvalue weighted by Crippen LogP contribution is -2.26. The minimum atomic E-state index is -0.168. The summed E-state index contributed by atoms with van der Waals surface area (Å²) in [6.07, 6.45) is 0.398. The van der Waals surface area contributed by atoms with Crippen molar-refractivity contribution in [1.29, 1.82) is 0 Å². The van der Waals surface area contributed by atoms with Crippen molar-refractivity contribution < 1.29 is 9.59 Å². The maximum atomic E-state index is 12.6. The highest BCUT2D eigenvalue weighted by Gasteiger charge is 2.12. The van der Waals surface area contributed by atoms with Crippen molar-refractivity contribution in [3.8, 4) is 0 Å². The number of benzene rings is 3. The van der Waals surface area contributed by atoms with Gasteiger partial charge in [-0.2, -0.15) is 0 Å². The fourth-order valence-corrected chi connectivity index (χ4v) is 2.83. The average Bonchev–Trinajstić information content (AvgIpc) is 2.67. The predicted molar refractivity (Wildman–Crippen MR) is 105 cm³/mol. The first-order valence-electron chi connectivity index (χ1n) is 8.76. The van der Waals surface area contributed by atoms with Crippen LogP contribution in [0.3, 0.4) is 0 Å². The van der Waals surface area contributed by atoms with Crippen LogP contribution in [0.1, 0.15) is 42.2 Å². The number of nitrogens with one attached hydrogen (secondary N) is 2. The van der Waals surface area contributed by atoms with E-state index in [0.717, 1.165) is 10.9 Å². The SMILES string of the molecule is CCC(=O)Nc1cccc(C(=O)NC(C)c2ccc3ccccc3c2)c1. The fraction of sp³-hybridized carbons (Fsp3) is 0.182. The Balaban J connectivity index is 1.74. The maximum Gasteiger partial charge on any atom is 0.251 e. The van der Waals surface area contributed by atoms with E-state index < -0.39 is 0 Å². The Hall–Kier alpha value is -3.14. The number of fused-ring (bicyclic) bond motifs is 1. The minimum absolute atomic E-state index is 0.0768. The molecule has 1 unspecified atom stereocenters. The molecule has 0 aliphatic heterocycles. The van der Waals surface area contributed by atoms with Crippen LogP contribution in [0.4, 0.5) is 5.69 Å². The molecular formula is C22H22N2O2. The highest BCUT2D eigenvalue weighted by Crippen LogP contribution is 2.21. The molecule has 4 nitrogen and oxygen atoms in total. The van der Waals surface area contributed by atoms with E-state index in [4.69, 9.17) is 0 Å². The van der Waals surface area contributed by atoms with Gasteiger partial charge in [-0.05, 0) is 47.5 Å². The van der Waals surface area contributed by atoms with Gasteiger partial charge in [-0.3, -0.25) is 9.59 Å². The van der Waals surface area contributed by atoms with Crippen LogP contribution in [0, 0.1) is 0 Å². The predicted octanol–water partition coefficient (Wildman–Crippen LogP) is 4.68. The molecular weight excluding hydrogens is 324 g/mol. The van der Waals surface area contributed by atoms with Crippen LogP contribution in [0.25, 0.3) is 10.8 Å². The molecule has 3 rings (SSSR count). The fourth-order valence-electron chi connectivity index (χ4n) is 2.83. The second-order valence-electron chi connectivity index (χ2n) is 6.28. The molecule has 4 heteroatoms. The number of hydrogen-bond acceptors (Lipinski definition) is 2. The molecule has 1 atom stereocenters. The largest absolute Gasteiger partial charge is 0.346 e. The summed E-state index contributed by atoms with van der Waals surface area (Å²) in [4.78, 5) is 24.1. The Morgan fingerprint density at radius 3 is 2.46 bits per heavy atom. The summed E-state index contributed by atoms with van der Waals surface area (Å²) in [7, 11) is 0. The molecule has 0 spiro atoms. The third-order valence-corrected chi connectivity index (χ3v) is 4.35. The molecule has 0 saturated heterocycles. The summed E-state index contributed by atoms with van der Waals surface area (Å²) in [6, 6.07) is 21.2. The van der Waals surface area contributed by atoms with Crippen LogP contribution < -0.4 is 10.6 Å². The lowest BCUT2D eigenvalue weighted by atomic mass is 10.0. The van der Waals surface area contributed by atoms with Crippen molar-refractivity contribution in [1.82, 2.24) is 5.32 Å². The van der Waals surface area contributed by atoms with Crippen LogP contribution in [0.2, 0.25) is 0 Å². The van der Waals surface area contributed by atoms with Gasteiger partial charge >= 0.3 is 0 Å². The van der Waals surface area contributed by atoms with Gasteiger partial charge in [-0.25, -0.2) is 0 Å². The molecule has 2 amide bonds. The summed E-state index contributed by atoms with van der Waals surface area (Å²) in [5, 5.41) is 8.12. The molecule has 0 aromatic heterocycles. The highest BCUT2D eigenvalue weighted by molar-refractivity contribution is 5.97. The third kappa shape index (κ3) is 4.09. The van der Waals surface area contributed by atoms with Crippen molar-refractivity contribution in [3.05, 3.63) is 77.9 Å². The second-order valence-corrected chi connectivity index (χ2v) is 6.28. The van der Waals surface area contributed by atoms with E-state index in [9.17, 15) is 9.59 Å². The Morgan fingerprint density at radius 1 is 0.923 bits per heavy atom. The molecule has 0 heterocycles. The number of anilines is 1. The molecule has 0 aliphatic rings. The first-order valence-corrected chi connectivity index (χ1v) is 8.76. The summed E-state index contributed by atoms with van der Waals surface area (Å²) in [5.41, 5.74) is 2.20. The van der Waals surface area contributed by atoms with Crippen LogP contribution in [-0.4, -0.2) is 11.8 Å². The van der Waals surface area contributed by atoms with Gasteiger partial charge in [0, 0.05) is 17.7 Å². The topological polar surface area (TPSA) is 58.2 Å². The van der Waals surface area contributed by atoms with E-state index in [1.54, 1.807) is 31.2 Å². The lowest BCUT2D eigenvalue weighted by Gasteiger charge is -2.15. The molecule has 0 radical (unpaired) electrons. The molecule has 0 fully saturated rings. The van der Waals surface area contributed by atoms with Gasteiger partial charge in [0.25, 0.3) is 5.91 Å². The maximum absolute atomic E-state index is 12.6. The first kappa shape index (κ1) is 17.7. The molecule has 0 aliphatic carbocycles. The van der Waals surface area contributed by atoms with E-state index >= 15 is 0 Å². The average molecular weight is 346 g/mol. The highest BCUT2D eigenvalue weighted by atomic mass is 16.2. The molecule has 3 aromatic rings. The van der Waals surface area contributed by atoms with Gasteiger partial charge in [0.05, 0.1) is 6.04 Å². The standard InChI is InChI=1S/C22H22N2O2/c1-3-21(25)24-20-10-6-9-19(14-20)22(26)23-15(2)17-12-11-16-7-4-5-8-18(16)13-17/h4-15H,3H2,1-2H3,(H,23,26)(H,24,25). The zero-order valence-corrected chi connectivity index (χ0v) is 15.0. The Labute approximate surface area is 153 Å². The number of carbonyl (C=O) groups is 2. The zero-order valence-electron chi connectivity index (χ0n) is 15.0. The molecule has 0 saturated carbocycles. The Bertz CT molecular complexity index is 950. The lowest BCUT2D eigenvalue weighted by molar-refractivity contribution is -0.115. The molecule has 0 bridgehead atoms. The van der Waals surface area contributed by atoms with Crippen LogP contribution in [0.15, 0.2) is 66.7 Å². The second kappa shape index (κ2) is 7.83. The third-order valence-electron chi connectivity index (χ3n) is 4.35. The van der Waals surface area contributed by atoms with Gasteiger partial charge in [0.2, 0.25) is 5.91 Å².